The lowest BCUT2D eigenvalue weighted by Gasteiger charge is -2.38. The van der Waals surface area contributed by atoms with Gasteiger partial charge in [0.15, 0.2) is 16.5 Å². The summed E-state index contributed by atoms with van der Waals surface area (Å²) in [4.78, 5) is 0. The van der Waals surface area contributed by atoms with Crippen molar-refractivity contribution in [3.05, 3.63) is 121 Å². The van der Waals surface area contributed by atoms with E-state index < -0.39 is 16.5 Å². The number of hydrogen-bond acceptors (Lipinski definition) is 0. The van der Waals surface area contributed by atoms with Crippen LogP contribution >= 0.6 is 0 Å². The third-order valence-electron chi connectivity index (χ3n) is 5.79. The Hall–Kier alpha value is -2.73. The maximum atomic E-state index is 5.90. The van der Waals surface area contributed by atoms with Gasteiger partial charge in [-0.05, 0) is 33.8 Å². The molecule has 0 saturated carbocycles. The maximum absolute atomic E-state index is 5.90. The van der Waals surface area contributed by atoms with Crippen LogP contribution in [0.2, 0.25) is 13.1 Å². The molecule has 3 heteroatoms. The molecule has 0 aliphatic heterocycles. The molecular formula is C26H26NSi2. The van der Waals surface area contributed by atoms with Crippen molar-refractivity contribution in [3.63, 3.8) is 0 Å². The molecule has 0 fully saturated rings. The highest BCUT2D eigenvalue weighted by Crippen LogP contribution is 2.12. The SMILES string of the molecule is C[Si]([N][Si](C)(c1ccccc1)c1ccccc1)(c1ccccc1)c1ccccc1. The Balaban J connectivity index is 1.91. The number of rotatable bonds is 6. The Bertz CT molecular complexity index is 869. The first-order valence-corrected chi connectivity index (χ1v) is 15.0. The van der Waals surface area contributed by atoms with Crippen molar-refractivity contribution in [2.45, 2.75) is 13.1 Å². The van der Waals surface area contributed by atoms with Crippen LogP contribution in [-0.2, 0) is 0 Å². The minimum Gasteiger partial charge on any atom is -0.277 e. The van der Waals surface area contributed by atoms with Crippen molar-refractivity contribution in [2.24, 2.45) is 0 Å². The molecule has 0 N–H and O–H groups in total. The molecule has 143 valence electrons. The van der Waals surface area contributed by atoms with Gasteiger partial charge in [0.1, 0.15) is 0 Å². The van der Waals surface area contributed by atoms with Gasteiger partial charge in [-0.1, -0.05) is 121 Å². The van der Waals surface area contributed by atoms with E-state index in [1.165, 1.54) is 20.7 Å². The van der Waals surface area contributed by atoms with Crippen LogP contribution in [0.5, 0.6) is 0 Å². The largest absolute Gasteiger partial charge is 0.277 e. The summed E-state index contributed by atoms with van der Waals surface area (Å²) in [6.07, 6.45) is 0. The molecule has 0 atom stereocenters. The summed E-state index contributed by atoms with van der Waals surface area (Å²) >= 11 is 0. The highest BCUT2D eigenvalue weighted by Gasteiger charge is 2.44. The van der Waals surface area contributed by atoms with Crippen molar-refractivity contribution in [1.82, 2.24) is 4.65 Å². The van der Waals surface area contributed by atoms with E-state index in [0.717, 1.165) is 0 Å². The third kappa shape index (κ3) is 3.90. The standard InChI is InChI=1S/C26H26NSi2/c1-28(23-15-7-3-8-16-23,24-17-9-4-10-18-24)27-29(2,25-19-11-5-12-20-25)26-21-13-6-14-22-26/h3-22H,1-2H3. The molecule has 0 bridgehead atoms. The Morgan fingerprint density at radius 3 is 0.793 bits per heavy atom. The second-order valence-corrected chi connectivity index (χ2v) is 15.2. The lowest BCUT2D eigenvalue weighted by molar-refractivity contribution is 1.35. The van der Waals surface area contributed by atoms with Gasteiger partial charge in [0.2, 0.25) is 0 Å². The van der Waals surface area contributed by atoms with Gasteiger partial charge in [-0.2, -0.15) is 0 Å². The van der Waals surface area contributed by atoms with E-state index >= 15 is 0 Å². The van der Waals surface area contributed by atoms with Crippen LogP contribution in [-0.4, -0.2) is 16.5 Å². The molecule has 0 aliphatic carbocycles. The van der Waals surface area contributed by atoms with E-state index in [-0.39, 0.29) is 0 Å². The highest BCUT2D eigenvalue weighted by atomic mass is 28.4. The summed E-state index contributed by atoms with van der Waals surface area (Å²) in [5.41, 5.74) is 0. The van der Waals surface area contributed by atoms with Crippen LogP contribution in [0.15, 0.2) is 121 Å². The second-order valence-electron chi connectivity index (χ2n) is 7.72. The normalized spacial score (nSPS) is 11.9. The lowest BCUT2D eigenvalue weighted by Crippen LogP contribution is -2.76. The van der Waals surface area contributed by atoms with Gasteiger partial charge in [0.25, 0.3) is 0 Å². The van der Waals surface area contributed by atoms with Crippen LogP contribution in [0, 0.1) is 0 Å². The van der Waals surface area contributed by atoms with Crippen molar-refractivity contribution in [1.29, 1.82) is 0 Å². The van der Waals surface area contributed by atoms with Gasteiger partial charge >= 0.3 is 0 Å². The summed E-state index contributed by atoms with van der Waals surface area (Å²) in [5.74, 6) is 0. The zero-order chi connectivity index (χ0) is 20.2. The second kappa shape index (κ2) is 8.33. The van der Waals surface area contributed by atoms with Gasteiger partial charge in [-0.25, -0.2) is 0 Å². The zero-order valence-corrected chi connectivity index (χ0v) is 19.0. The van der Waals surface area contributed by atoms with Crippen LogP contribution in [0.1, 0.15) is 0 Å². The molecule has 0 aliphatic rings. The minimum absolute atomic E-state index is 1.36. The Morgan fingerprint density at radius 1 is 0.379 bits per heavy atom. The van der Waals surface area contributed by atoms with E-state index in [2.05, 4.69) is 134 Å². The fourth-order valence-electron chi connectivity index (χ4n) is 4.09. The van der Waals surface area contributed by atoms with Gasteiger partial charge in [0, 0.05) is 0 Å². The Kier molecular flexibility index (Phi) is 5.63. The molecule has 0 amide bonds. The predicted octanol–water partition coefficient (Wildman–Crippen LogP) is 3.37. The van der Waals surface area contributed by atoms with E-state index in [9.17, 15) is 0 Å². The smallest absolute Gasteiger partial charge is 0.196 e. The van der Waals surface area contributed by atoms with Gasteiger partial charge in [0.05, 0.1) is 0 Å². The minimum atomic E-state index is -2.32. The molecule has 0 heterocycles. The summed E-state index contributed by atoms with van der Waals surface area (Å²) in [6, 6.07) is 43.6. The molecule has 4 aromatic rings. The summed E-state index contributed by atoms with van der Waals surface area (Å²) in [7, 11) is -4.63. The molecule has 1 radical (unpaired) electrons. The molecule has 0 unspecified atom stereocenters. The van der Waals surface area contributed by atoms with Crippen LogP contribution < -0.4 is 25.4 Å². The molecule has 4 aromatic carbocycles. The van der Waals surface area contributed by atoms with E-state index in [4.69, 9.17) is 4.65 Å². The van der Waals surface area contributed by atoms with E-state index in [1.807, 2.05) is 0 Å². The number of benzene rings is 4. The fourth-order valence-corrected chi connectivity index (χ4v) is 13.8. The highest BCUT2D eigenvalue weighted by molar-refractivity contribution is 7.13. The third-order valence-corrected chi connectivity index (χ3v) is 15.2. The van der Waals surface area contributed by atoms with Crippen molar-refractivity contribution >= 4 is 37.2 Å². The Labute approximate surface area is 176 Å². The first kappa shape index (κ1) is 19.6. The van der Waals surface area contributed by atoms with Crippen LogP contribution in [0.25, 0.3) is 0 Å². The molecule has 4 rings (SSSR count). The van der Waals surface area contributed by atoms with Crippen LogP contribution in [0.4, 0.5) is 0 Å². The number of nitrogens with zero attached hydrogens (tertiary/aromatic N) is 1. The van der Waals surface area contributed by atoms with Crippen molar-refractivity contribution < 1.29 is 0 Å². The maximum Gasteiger partial charge on any atom is 0.196 e. The summed E-state index contributed by atoms with van der Waals surface area (Å²) in [6.45, 7) is 4.80. The zero-order valence-electron chi connectivity index (χ0n) is 17.0. The molecule has 0 saturated heterocycles. The first-order chi connectivity index (χ1) is 14.1. The molecule has 0 spiro atoms. The van der Waals surface area contributed by atoms with Gasteiger partial charge in [-0.15, -0.1) is 0 Å². The van der Waals surface area contributed by atoms with Gasteiger partial charge in [-0.3, -0.25) is 4.65 Å². The monoisotopic (exact) mass is 408 g/mol. The van der Waals surface area contributed by atoms with E-state index in [0.29, 0.717) is 0 Å². The fraction of sp³-hybridized carbons (Fsp3) is 0.0769. The topological polar surface area (TPSA) is 14.1 Å². The summed E-state index contributed by atoms with van der Waals surface area (Å²) in [5, 5.41) is 5.43. The number of hydrogen-bond donors (Lipinski definition) is 0. The molecule has 1 nitrogen and oxygen atoms in total. The molecular weight excluding hydrogens is 382 g/mol. The quantitative estimate of drug-likeness (QED) is 0.434. The Morgan fingerprint density at radius 2 is 0.586 bits per heavy atom. The van der Waals surface area contributed by atoms with Gasteiger partial charge < -0.3 is 0 Å². The first-order valence-electron chi connectivity index (χ1n) is 10.1. The lowest BCUT2D eigenvalue weighted by atomic mass is 10.4. The van der Waals surface area contributed by atoms with Crippen molar-refractivity contribution in [2.75, 3.05) is 0 Å². The molecule has 29 heavy (non-hydrogen) atoms. The molecule has 0 aromatic heterocycles. The van der Waals surface area contributed by atoms with Crippen molar-refractivity contribution in [3.8, 4) is 0 Å². The average molecular weight is 409 g/mol. The average Bonchev–Trinajstić information content (AvgIpc) is 2.81. The van der Waals surface area contributed by atoms with Crippen LogP contribution in [0.3, 0.4) is 0 Å². The summed E-state index contributed by atoms with van der Waals surface area (Å²) < 4.78 is 5.90. The predicted molar refractivity (Wildman–Crippen MR) is 130 cm³/mol. The van der Waals surface area contributed by atoms with E-state index in [1.54, 1.807) is 0 Å².